The third-order valence-electron chi connectivity index (χ3n) is 3.04. The predicted octanol–water partition coefficient (Wildman–Crippen LogP) is 2.50. The first-order valence-electron chi connectivity index (χ1n) is 6.84. The van der Waals surface area contributed by atoms with Crippen molar-refractivity contribution in [2.45, 2.75) is 20.3 Å². The Morgan fingerprint density at radius 1 is 1.36 bits per heavy atom. The number of H-pyrrole nitrogens is 1. The van der Waals surface area contributed by atoms with Crippen molar-refractivity contribution in [1.29, 1.82) is 5.41 Å². The molecule has 0 atom stereocenters. The number of fused-ring (bicyclic) bond motifs is 1. The van der Waals surface area contributed by atoms with Crippen LogP contribution in [0.5, 0.6) is 0 Å². The molecule has 0 radical (unpaired) electrons. The van der Waals surface area contributed by atoms with Crippen LogP contribution >= 0.6 is 0 Å². The molecule has 0 aliphatic carbocycles. The summed E-state index contributed by atoms with van der Waals surface area (Å²) in [7, 11) is 0. The molecular weight excluding hydrogens is 282 g/mol. The lowest BCUT2D eigenvalue weighted by molar-refractivity contribution is 0.426. The Morgan fingerprint density at radius 2 is 2.18 bits per heavy atom. The fraction of sp³-hybridized carbons (Fsp3) is 0.214. The third kappa shape index (κ3) is 2.71. The van der Waals surface area contributed by atoms with Gasteiger partial charge in [0, 0.05) is 0 Å². The van der Waals surface area contributed by atoms with Gasteiger partial charge in [0.15, 0.2) is 11.6 Å². The molecule has 22 heavy (non-hydrogen) atoms. The van der Waals surface area contributed by atoms with Gasteiger partial charge >= 0.3 is 6.01 Å². The van der Waals surface area contributed by atoms with E-state index < -0.39 is 0 Å². The molecule has 2 aromatic heterocycles. The van der Waals surface area contributed by atoms with Gasteiger partial charge in [-0.15, -0.1) is 0 Å². The smallest absolute Gasteiger partial charge is 0.337 e. The van der Waals surface area contributed by atoms with Crippen molar-refractivity contribution in [3.8, 4) is 0 Å². The van der Waals surface area contributed by atoms with Crippen LogP contribution in [0.25, 0.3) is 11.0 Å². The summed E-state index contributed by atoms with van der Waals surface area (Å²) in [5.41, 5.74) is 5.15. The van der Waals surface area contributed by atoms with E-state index >= 15 is 0 Å². The van der Waals surface area contributed by atoms with Gasteiger partial charge in [0.2, 0.25) is 0 Å². The van der Waals surface area contributed by atoms with Crippen LogP contribution in [0.3, 0.4) is 0 Å². The van der Waals surface area contributed by atoms with Crippen molar-refractivity contribution in [1.82, 2.24) is 20.1 Å². The molecule has 8 heteroatoms. The van der Waals surface area contributed by atoms with Crippen molar-refractivity contribution < 1.29 is 4.52 Å². The van der Waals surface area contributed by atoms with E-state index in [9.17, 15) is 0 Å². The molecule has 3 N–H and O–H groups in total. The van der Waals surface area contributed by atoms with E-state index in [1.807, 2.05) is 31.2 Å². The maximum absolute atomic E-state index is 8.08. The highest BCUT2D eigenvalue weighted by Gasteiger charge is 2.14. The average molecular weight is 297 g/mol. The van der Waals surface area contributed by atoms with Gasteiger partial charge in [-0.05, 0) is 25.5 Å². The quantitative estimate of drug-likeness (QED) is 0.494. The molecule has 3 rings (SSSR count). The largest absolute Gasteiger partial charge is 0.341 e. The molecule has 1 aromatic carbocycles. The van der Waals surface area contributed by atoms with Crippen LogP contribution in [0.1, 0.15) is 25.0 Å². The minimum Gasteiger partial charge on any atom is -0.337 e. The third-order valence-corrected chi connectivity index (χ3v) is 3.04. The van der Waals surface area contributed by atoms with Crippen LogP contribution in [0.15, 0.2) is 33.9 Å². The summed E-state index contributed by atoms with van der Waals surface area (Å²) in [6, 6.07) is 7.83. The molecular formula is C14H15N7O. The molecule has 3 aromatic rings. The summed E-state index contributed by atoms with van der Waals surface area (Å²) in [5.74, 6) is 1.03. The number of rotatable bonds is 5. The number of aromatic nitrogens is 4. The lowest BCUT2D eigenvalue weighted by Gasteiger charge is -2.02. The Labute approximate surface area is 126 Å². The number of hydrogen-bond acceptors (Lipinski definition) is 7. The molecule has 2 heterocycles. The van der Waals surface area contributed by atoms with Gasteiger partial charge in [-0.2, -0.15) is 10.1 Å². The first-order valence-corrected chi connectivity index (χ1v) is 6.84. The minimum atomic E-state index is 0.176. The molecule has 0 spiro atoms. The molecule has 0 saturated heterocycles. The average Bonchev–Trinajstić information content (AvgIpc) is 3.13. The Balaban J connectivity index is 1.96. The molecule has 0 amide bonds. The Bertz CT molecular complexity index is 813. The van der Waals surface area contributed by atoms with Crippen molar-refractivity contribution in [2.24, 2.45) is 5.10 Å². The Hall–Kier alpha value is -3.03. The second kappa shape index (κ2) is 5.76. The first-order chi connectivity index (χ1) is 10.7. The maximum Gasteiger partial charge on any atom is 0.341 e. The lowest BCUT2D eigenvalue weighted by Crippen LogP contribution is -2.17. The van der Waals surface area contributed by atoms with Gasteiger partial charge in [0.25, 0.3) is 0 Å². The van der Waals surface area contributed by atoms with E-state index in [4.69, 9.17) is 9.93 Å². The maximum atomic E-state index is 8.08. The van der Waals surface area contributed by atoms with Crippen LogP contribution in [0.4, 0.5) is 6.01 Å². The fourth-order valence-corrected chi connectivity index (χ4v) is 1.94. The highest BCUT2D eigenvalue weighted by atomic mass is 16.5. The van der Waals surface area contributed by atoms with E-state index in [2.05, 4.69) is 30.6 Å². The van der Waals surface area contributed by atoms with E-state index in [0.29, 0.717) is 29.5 Å². The van der Waals surface area contributed by atoms with E-state index in [-0.39, 0.29) is 6.01 Å². The normalized spacial score (nSPS) is 11.8. The number of anilines is 1. The van der Waals surface area contributed by atoms with E-state index in [1.165, 1.54) is 0 Å². The van der Waals surface area contributed by atoms with E-state index in [1.54, 1.807) is 6.92 Å². The summed E-state index contributed by atoms with van der Waals surface area (Å²) >= 11 is 0. The minimum absolute atomic E-state index is 0.176. The van der Waals surface area contributed by atoms with Crippen LogP contribution in [0, 0.1) is 12.3 Å². The van der Waals surface area contributed by atoms with Crippen molar-refractivity contribution in [2.75, 3.05) is 5.43 Å². The summed E-state index contributed by atoms with van der Waals surface area (Å²) in [6.07, 6.45) is 0.528. The monoisotopic (exact) mass is 297 g/mol. The summed E-state index contributed by atoms with van der Waals surface area (Å²) in [5, 5.41) is 15.9. The van der Waals surface area contributed by atoms with Gasteiger partial charge < -0.3 is 14.9 Å². The second-order valence-electron chi connectivity index (χ2n) is 4.65. The van der Waals surface area contributed by atoms with Gasteiger partial charge in [-0.3, -0.25) is 0 Å². The van der Waals surface area contributed by atoms with Crippen molar-refractivity contribution >= 4 is 28.5 Å². The van der Waals surface area contributed by atoms with Gasteiger partial charge in [-0.1, -0.05) is 24.2 Å². The SMILES string of the molecule is CCC(=N)C(=NNc1nc(C)no1)c1nc2ccccc2[nH]1. The van der Waals surface area contributed by atoms with Crippen molar-refractivity contribution in [3.63, 3.8) is 0 Å². The van der Waals surface area contributed by atoms with Crippen LogP contribution in [0.2, 0.25) is 0 Å². The van der Waals surface area contributed by atoms with Crippen LogP contribution in [-0.2, 0) is 0 Å². The van der Waals surface area contributed by atoms with Gasteiger partial charge in [0.05, 0.1) is 16.7 Å². The van der Waals surface area contributed by atoms with Crippen LogP contribution in [-0.4, -0.2) is 31.5 Å². The standard InChI is InChI=1S/C14H15N7O/c1-3-9(15)12(19-20-14-16-8(2)21-22-14)13-17-10-6-4-5-7-11(10)18-13/h4-7,15H,3H2,1-2H3,(H,17,18)(H,16,20,21). The number of nitrogens with one attached hydrogen (secondary N) is 3. The number of aryl methyl sites for hydroxylation is 1. The number of aromatic amines is 1. The van der Waals surface area contributed by atoms with E-state index in [0.717, 1.165) is 11.0 Å². The summed E-state index contributed by atoms with van der Waals surface area (Å²) < 4.78 is 4.94. The number of benzene rings is 1. The number of hydrazone groups is 1. The molecule has 0 bridgehead atoms. The summed E-state index contributed by atoms with van der Waals surface area (Å²) in [6.45, 7) is 3.60. The molecule has 112 valence electrons. The highest BCUT2D eigenvalue weighted by Crippen LogP contribution is 2.12. The molecule has 8 nitrogen and oxygen atoms in total. The number of hydrogen-bond donors (Lipinski definition) is 3. The Morgan fingerprint density at radius 3 is 2.86 bits per heavy atom. The predicted molar refractivity (Wildman–Crippen MR) is 83.3 cm³/mol. The van der Waals surface area contributed by atoms with Gasteiger partial charge in [0.1, 0.15) is 5.71 Å². The van der Waals surface area contributed by atoms with Crippen LogP contribution < -0.4 is 5.43 Å². The molecule has 0 unspecified atom stereocenters. The van der Waals surface area contributed by atoms with Crippen molar-refractivity contribution in [3.05, 3.63) is 35.9 Å². The number of para-hydroxylation sites is 2. The Kier molecular flexibility index (Phi) is 3.65. The molecule has 0 saturated carbocycles. The zero-order valence-electron chi connectivity index (χ0n) is 12.2. The topological polar surface area (TPSA) is 116 Å². The molecule has 0 fully saturated rings. The lowest BCUT2D eigenvalue weighted by atomic mass is 10.2. The molecule has 0 aliphatic heterocycles. The number of nitrogens with zero attached hydrogens (tertiary/aromatic N) is 4. The van der Waals surface area contributed by atoms with Gasteiger partial charge in [-0.25, -0.2) is 10.4 Å². The number of imidazole rings is 1. The first kappa shape index (κ1) is 13.9. The molecule has 0 aliphatic rings. The summed E-state index contributed by atoms with van der Waals surface area (Å²) in [4.78, 5) is 11.6. The zero-order chi connectivity index (χ0) is 15.5. The highest BCUT2D eigenvalue weighted by molar-refractivity contribution is 6.46. The second-order valence-corrected chi connectivity index (χ2v) is 4.65. The fourth-order valence-electron chi connectivity index (χ4n) is 1.94. The zero-order valence-corrected chi connectivity index (χ0v) is 12.2.